The van der Waals surface area contributed by atoms with Gasteiger partial charge in [0.2, 0.25) is 0 Å². The highest BCUT2D eigenvalue weighted by atomic mass is 19.4. The van der Waals surface area contributed by atoms with Gasteiger partial charge in [-0.1, -0.05) is 31.4 Å². The van der Waals surface area contributed by atoms with Crippen LogP contribution in [0.3, 0.4) is 0 Å². The molecule has 0 unspecified atom stereocenters. The Kier molecular flexibility index (Phi) is 7.94. The quantitative estimate of drug-likeness (QED) is 0.308. The summed E-state index contributed by atoms with van der Waals surface area (Å²) in [6.07, 6.45) is 4.09. The molecule has 0 radical (unpaired) electrons. The Morgan fingerprint density at radius 1 is 1.00 bits per heavy atom. The van der Waals surface area contributed by atoms with E-state index >= 15 is 0 Å². The third kappa shape index (κ3) is 6.36. The molecular weight excluding hydrogens is 486 g/mol. The topological polar surface area (TPSA) is 73.6 Å². The first kappa shape index (κ1) is 26.4. The van der Waals surface area contributed by atoms with Crippen LogP contribution in [-0.2, 0) is 12.7 Å². The summed E-state index contributed by atoms with van der Waals surface area (Å²) >= 11 is 0. The molecule has 3 heterocycles. The predicted molar refractivity (Wildman–Crippen MR) is 132 cm³/mol. The molecule has 1 aliphatic rings. The Hall–Kier alpha value is -3.69. The van der Waals surface area contributed by atoms with Crippen LogP contribution < -0.4 is 5.56 Å². The molecule has 0 atom stereocenters. The van der Waals surface area contributed by atoms with E-state index in [1.54, 1.807) is 25.3 Å². The first-order chi connectivity index (χ1) is 17.6. The minimum Gasteiger partial charge on any atom is -0.285 e. The number of aryl methyl sites for hydroxylation is 2. The van der Waals surface area contributed by atoms with Crippen molar-refractivity contribution in [2.75, 3.05) is 0 Å². The van der Waals surface area contributed by atoms with Crippen molar-refractivity contribution in [2.24, 2.45) is 0 Å². The van der Waals surface area contributed by atoms with Gasteiger partial charge in [-0.3, -0.25) is 19.3 Å². The lowest BCUT2D eigenvalue weighted by molar-refractivity contribution is -0.142. The molecule has 37 heavy (non-hydrogen) atoms. The van der Waals surface area contributed by atoms with E-state index in [1.165, 1.54) is 22.9 Å². The van der Waals surface area contributed by atoms with Crippen molar-refractivity contribution in [3.8, 4) is 0 Å². The lowest BCUT2D eigenvalue weighted by Crippen LogP contribution is -2.29. The number of aromatic nitrogens is 5. The van der Waals surface area contributed by atoms with Gasteiger partial charge < -0.3 is 0 Å². The van der Waals surface area contributed by atoms with E-state index in [1.807, 2.05) is 13.0 Å². The fraction of sp³-hybridized carbons (Fsp3) is 0.370. The third-order valence-electron chi connectivity index (χ3n) is 6.32. The summed E-state index contributed by atoms with van der Waals surface area (Å²) in [4.78, 5) is 29.4. The second-order valence-electron chi connectivity index (χ2n) is 9.19. The molecule has 194 valence electrons. The van der Waals surface area contributed by atoms with Gasteiger partial charge in [-0.25, -0.2) is 14.4 Å². The van der Waals surface area contributed by atoms with Gasteiger partial charge in [0.25, 0.3) is 5.56 Å². The van der Waals surface area contributed by atoms with Crippen LogP contribution in [0, 0.1) is 19.7 Å². The molecule has 0 amide bonds. The van der Waals surface area contributed by atoms with Gasteiger partial charge in [0, 0.05) is 24.2 Å². The van der Waals surface area contributed by atoms with Crippen LogP contribution in [0.1, 0.15) is 66.2 Å². The second kappa shape index (κ2) is 11.1. The summed E-state index contributed by atoms with van der Waals surface area (Å²) in [7, 11) is 0. The highest BCUT2D eigenvalue weighted by molar-refractivity contribution is 5.71. The molecule has 0 N–H and O–H groups in total. The van der Waals surface area contributed by atoms with Gasteiger partial charge in [0.1, 0.15) is 11.3 Å². The molecule has 1 aromatic carbocycles. The molecular formula is C27H27F4N5O. The van der Waals surface area contributed by atoms with Gasteiger partial charge in [0.15, 0.2) is 11.3 Å². The van der Waals surface area contributed by atoms with Crippen LogP contribution in [0.4, 0.5) is 17.6 Å². The van der Waals surface area contributed by atoms with Crippen LogP contribution in [0.15, 0.2) is 53.7 Å². The van der Waals surface area contributed by atoms with E-state index in [0.717, 1.165) is 43.9 Å². The minimum absolute atomic E-state index is 0.0824. The fourth-order valence-corrected chi connectivity index (χ4v) is 4.56. The van der Waals surface area contributed by atoms with E-state index in [-0.39, 0.29) is 35.2 Å². The summed E-state index contributed by atoms with van der Waals surface area (Å²) in [6, 6.07) is 8.25. The normalized spacial score (nSPS) is 14.3. The van der Waals surface area contributed by atoms with Crippen molar-refractivity contribution in [3.63, 3.8) is 0 Å². The SMILES string of the molecule is Cc1cccc(F)c1.Cc1cnc2cc(C3CCCCC3)c(=O)n(Cc3nccnc3C(F)(F)F)c2n1. The van der Waals surface area contributed by atoms with Crippen molar-refractivity contribution in [3.05, 3.63) is 93.3 Å². The third-order valence-corrected chi connectivity index (χ3v) is 6.32. The molecule has 4 aromatic rings. The molecule has 0 bridgehead atoms. The standard InChI is InChI=1S/C20H20F3N5O.C7H7F/c1-12-10-26-15-9-14(13-5-3-2-4-6-13)19(29)28(18(15)27-12)11-16-17(20(21,22)23)25-8-7-24-16;1-6-3-2-4-7(8)5-6/h7-10,13H,2-6,11H2,1H3;2-5H,1H3. The van der Waals surface area contributed by atoms with Gasteiger partial charge in [-0.2, -0.15) is 13.2 Å². The molecule has 0 spiro atoms. The van der Waals surface area contributed by atoms with Crippen molar-refractivity contribution >= 4 is 11.2 Å². The number of alkyl halides is 3. The molecule has 3 aromatic heterocycles. The summed E-state index contributed by atoms with van der Waals surface area (Å²) < 4.78 is 53.6. The lowest BCUT2D eigenvalue weighted by Gasteiger charge is -2.23. The number of pyridine rings is 1. The fourth-order valence-electron chi connectivity index (χ4n) is 4.56. The van der Waals surface area contributed by atoms with Crippen LogP contribution in [0.2, 0.25) is 0 Å². The van der Waals surface area contributed by atoms with Crippen molar-refractivity contribution in [1.82, 2.24) is 24.5 Å². The zero-order valence-electron chi connectivity index (χ0n) is 20.6. The number of hydrogen-bond acceptors (Lipinski definition) is 5. The van der Waals surface area contributed by atoms with Crippen molar-refractivity contribution < 1.29 is 17.6 Å². The van der Waals surface area contributed by atoms with Crippen LogP contribution in [-0.4, -0.2) is 24.5 Å². The van der Waals surface area contributed by atoms with Gasteiger partial charge in [-0.05, 0) is 56.4 Å². The first-order valence-corrected chi connectivity index (χ1v) is 12.1. The average Bonchev–Trinajstić information content (AvgIpc) is 2.86. The highest BCUT2D eigenvalue weighted by Crippen LogP contribution is 2.33. The first-order valence-electron chi connectivity index (χ1n) is 12.1. The zero-order chi connectivity index (χ0) is 26.6. The molecule has 1 saturated carbocycles. The highest BCUT2D eigenvalue weighted by Gasteiger charge is 2.36. The molecule has 1 aliphatic carbocycles. The average molecular weight is 514 g/mol. The molecule has 6 nitrogen and oxygen atoms in total. The maximum Gasteiger partial charge on any atom is 0.435 e. The zero-order valence-corrected chi connectivity index (χ0v) is 20.6. The summed E-state index contributed by atoms with van der Waals surface area (Å²) in [5.41, 5.74) is 1.14. The van der Waals surface area contributed by atoms with E-state index in [4.69, 9.17) is 0 Å². The number of nitrogens with zero attached hydrogens (tertiary/aromatic N) is 5. The number of hydrogen-bond donors (Lipinski definition) is 0. The molecule has 10 heteroatoms. The number of halogens is 4. The van der Waals surface area contributed by atoms with Crippen LogP contribution in [0.25, 0.3) is 11.2 Å². The van der Waals surface area contributed by atoms with Gasteiger partial charge in [0.05, 0.1) is 17.9 Å². The maximum atomic E-state index is 13.4. The molecule has 0 aliphatic heterocycles. The molecule has 5 rings (SSSR count). The number of benzene rings is 1. The Labute approximate surface area is 211 Å². The lowest BCUT2D eigenvalue weighted by atomic mass is 9.84. The Morgan fingerprint density at radius 2 is 1.73 bits per heavy atom. The van der Waals surface area contributed by atoms with Crippen molar-refractivity contribution in [1.29, 1.82) is 0 Å². The molecule has 0 saturated heterocycles. The monoisotopic (exact) mass is 513 g/mol. The number of rotatable bonds is 3. The van der Waals surface area contributed by atoms with Gasteiger partial charge >= 0.3 is 6.18 Å². The van der Waals surface area contributed by atoms with E-state index in [0.29, 0.717) is 16.8 Å². The van der Waals surface area contributed by atoms with Crippen LogP contribution in [0.5, 0.6) is 0 Å². The largest absolute Gasteiger partial charge is 0.435 e. The predicted octanol–water partition coefficient (Wildman–Crippen LogP) is 6.14. The smallest absolute Gasteiger partial charge is 0.285 e. The van der Waals surface area contributed by atoms with Crippen LogP contribution >= 0.6 is 0 Å². The number of fused-ring (bicyclic) bond motifs is 1. The Balaban J connectivity index is 0.000000342. The summed E-state index contributed by atoms with van der Waals surface area (Å²) in [5.74, 6) is -0.0797. The van der Waals surface area contributed by atoms with E-state index in [9.17, 15) is 22.4 Å². The van der Waals surface area contributed by atoms with Crippen molar-refractivity contribution in [2.45, 2.75) is 64.6 Å². The van der Waals surface area contributed by atoms with E-state index < -0.39 is 11.9 Å². The Morgan fingerprint density at radius 3 is 2.38 bits per heavy atom. The maximum absolute atomic E-state index is 13.4. The minimum atomic E-state index is -4.66. The Bertz CT molecular complexity index is 1430. The second-order valence-corrected chi connectivity index (χ2v) is 9.19. The summed E-state index contributed by atoms with van der Waals surface area (Å²) in [6.45, 7) is 3.22. The van der Waals surface area contributed by atoms with Gasteiger partial charge in [-0.15, -0.1) is 0 Å². The van der Waals surface area contributed by atoms with E-state index in [2.05, 4.69) is 19.9 Å². The molecule has 1 fully saturated rings. The summed E-state index contributed by atoms with van der Waals surface area (Å²) in [5, 5.41) is 0.